The molecular formula is C17H18ClNO3S. The molecule has 1 fully saturated rings. The van der Waals surface area contributed by atoms with Crippen LogP contribution in [-0.2, 0) is 10.0 Å². The van der Waals surface area contributed by atoms with Crippen molar-refractivity contribution in [3.8, 4) is 5.75 Å². The molecule has 1 aliphatic rings. The van der Waals surface area contributed by atoms with E-state index in [-0.39, 0.29) is 6.04 Å². The van der Waals surface area contributed by atoms with Crippen molar-refractivity contribution < 1.29 is 13.2 Å². The van der Waals surface area contributed by atoms with Crippen molar-refractivity contribution >= 4 is 21.6 Å². The Morgan fingerprint density at radius 2 is 1.74 bits per heavy atom. The van der Waals surface area contributed by atoms with Crippen molar-refractivity contribution in [3.05, 3.63) is 59.1 Å². The maximum Gasteiger partial charge on any atom is 0.243 e. The van der Waals surface area contributed by atoms with Crippen LogP contribution in [0.1, 0.15) is 24.4 Å². The van der Waals surface area contributed by atoms with Crippen LogP contribution in [-0.4, -0.2) is 26.4 Å². The molecule has 1 aliphatic heterocycles. The molecule has 0 amide bonds. The largest absolute Gasteiger partial charge is 0.497 e. The molecule has 1 saturated heterocycles. The van der Waals surface area contributed by atoms with Gasteiger partial charge in [0.2, 0.25) is 10.0 Å². The maximum absolute atomic E-state index is 12.9. The van der Waals surface area contributed by atoms with Crippen LogP contribution in [0.5, 0.6) is 5.75 Å². The Balaban J connectivity index is 1.92. The second-order valence-corrected chi connectivity index (χ2v) is 7.83. The number of hydrogen-bond acceptors (Lipinski definition) is 3. The Labute approximate surface area is 141 Å². The van der Waals surface area contributed by atoms with Crippen LogP contribution in [0.2, 0.25) is 5.02 Å². The van der Waals surface area contributed by atoms with Crippen molar-refractivity contribution in [3.63, 3.8) is 0 Å². The third kappa shape index (κ3) is 3.22. The van der Waals surface area contributed by atoms with Gasteiger partial charge in [-0.15, -0.1) is 0 Å². The van der Waals surface area contributed by atoms with Crippen molar-refractivity contribution in [2.75, 3.05) is 13.7 Å². The molecule has 0 spiro atoms. The lowest BCUT2D eigenvalue weighted by atomic mass is 10.1. The van der Waals surface area contributed by atoms with E-state index in [1.165, 1.54) is 0 Å². The number of halogens is 1. The Morgan fingerprint density at radius 3 is 2.35 bits per heavy atom. The van der Waals surface area contributed by atoms with Crippen molar-refractivity contribution in [1.29, 1.82) is 0 Å². The molecule has 0 radical (unpaired) electrons. The molecule has 1 unspecified atom stereocenters. The number of ether oxygens (including phenoxy) is 1. The molecule has 122 valence electrons. The van der Waals surface area contributed by atoms with Gasteiger partial charge in [0.1, 0.15) is 5.75 Å². The maximum atomic E-state index is 12.9. The van der Waals surface area contributed by atoms with E-state index in [1.54, 1.807) is 47.8 Å². The molecule has 1 heterocycles. The van der Waals surface area contributed by atoms with Crippen LogP contribution in [0.3, 0.4) is 0 Å². The SMILES string of the molecule is COc1ccc(S(=O)(=O)N2CCCC2c2ccc(Cl)cc2)cc1. The van der Waals surface area contributed by atoms with Gasteiger partial charge in [0.25, 0.3) is 0 Å². The first-order valence-electron chi connectivity index (χ1n) is 7.44. The van der Waals surface area contributed by atoms with Crippen LogP contribution in [0, 0.1) is 0 Å². The lowest BCUT2D eigenvalue weighted by Crippen LogP contribution is -2.30. The Kier molecular flexibility index (Phi) is 4.62. The van der Waals surface area contributed by atoms with Crippen LogP contribution >= 0.6 is 11.6 Å². The summed E-state index contributed by atoms with van der Waals surface area (Å²) >= 11 is 5.93. The van der Waals surface area contributed by atoms with E-state index in [4.69, 9.17) is 16.3 Å². The van der Waals surface area contributed by atoms with Crippen molar-refractivity contribution in [1.82, 2.24) is 4.31 Å². The van der Waals surface area contributed by atoms with Gasteiger partial charge in [0, 0.05) is 11.6 Å². The van der Waals surface area contributed by atoms with Gasteiger partial charge >= 0.3 is 0 Å². The molecule has 0 saturated carbocycles. The molecule has 1 atom stereocenters. The third-order valence-electron chi connectivity index (χ3n) is 4.12. The Bertz CT molecular complexity index is 772. The van der Waals surface area contributed by atoms with Gasteiger partial charge in [0.05, 0.1) is 18.0 Å². The summed E-state index contributed by atoms with van der Waals surface area (Å²) in [6, 6.07) is 13.8. The Hall–Kier alpha value is -1.56. The lowest BCUT2D eigenvalue weighted by Gasteiger charge is -2.24. The number of rotatable bonds is 4. The Morgan fingerprint density at radius 1 is 1.09 bits per heavy atom. The smallest absolute Gasteiger partial charge is 0.243 e. The predicted octanol–water partition coefficient (Wildman–Crippen LogP) is 3.87. The normalized spacial score (nSPS) is 19.0. The number of nitrogens with zero attached hydrogens (tertiary/aromatic N) is 1. The summed E-state index contributed by atoms with van der Waals surface area (Å²) in [4.78, 5) is 0.291. The van der Waals surface area contributed by atoms with E-state index < -0.39 is 10.0 Å². The first-order valence-corrected chi connectivity index (χ1v) is 9.25. The van der Waals surface area contributed by atoms with Gasteiger partial charge in [-0.3, -0.25) is 0 Å². The summed E-state index contributed by atoms with van der Waals surface area (Å²) in [7, 11) is -1.97. The summed E-state index contributed by atoms with van der Waals surface area (Å²) in [5, 5.41) is 0.649. The molecular weight excluding hydrogens is 334 g/mol. The summed E-state index contributed by atoms with van der Waals surface area (Å²) in [5.74, 6) is 0.639. The predicted molar refractivity (Wildman–Crippen MR) is 90.3 cm³/mol. The molecule has 0 aromatic heterocycles. The minimum absolute atomic E-state index is 0.139. The first kappa shape index (κ1) is 16.3. The van der Waals surface area contributed by atoms with E-state index in [9.17, 15) is 8.42 Å². The van der Waals surface area contributed by atoms with E-state index >= 15 is 0 Å². The molecule has 3 rings (SSSR count). The van der Waals surface area contributed by atoms with E-state index in [0.717, 1.165) is 18.4 Å². The molecule has 2 aromatic rings. The zero-order valence-corrected chi connectivity index (χ0v) is 14.3. The van der Waals surface area contributed by atoms with E-state index in [2.05, 4.69) is 0 Å². The van der Waals surface area contributed by atoms with Crippen molar-refractivity contribution in [2.45, 2.75) is 23.8 Å². The molecule has 0 N–H and O–H groups in total. The highest BCUT2D eigenvalue weighted by Gasteiger charge is 2.36. The van der Waals surface area contributed by atoms with Gasteiger partial charge < -0.3 is 4.74 Å². The van der Waals surface area contributed by atoms with Gasteiger partial charge in [-0.2, -0.15) is 4.31 Å². The summed E-state index contributed by atoms with van der Waals surface area (Å²) in [6.45, 7) is 0.529. The topological polar surface area (TPSA) is 46.6 Å². The first-order chi connectivity index (χ1) is 11.0. The van der Waals surface area contributed by atoms with Crippen LogP contribution in [0.4, 0.5) is 0 Å². The average Bonchev–Trinajstić information content (AvgIpc) is 3.06. The van der Waals surface area contributed by atoms with Crippen LogP contribution in [0.25, 0.3) is 0 Å². The molecule has 4 nitrogen and oxygen atoms in total. The summed E-state index contributed by atoms with van der Waals surface area (Å²) in [5.41, 5.74) is 0.976. The van der Waals surface area contributed by atoms with E-state index in [0.29, 0.717) is 22.2 Å². The molecule has 6 heteroatoms. The number of sulfonamides is 1. The average molecular weight is 352 g/mol. The molecule has 0 bridgehead atoms. The monoisotopic (exact) mass is 351 g/mol. The number of methoxy groups -OCH3 is 1. The van der Waals surface area contributed by atoms with Gasteiger partial charge in [0.15, 0.2) is 0 Å². The minimum atomic E-state index is -3.53. The molecule has 23 heavy (non-hydrogen) atoms. The fourth-order valence-corrected chi connectivity index (χ4v) is 4.74. The highest BCUT2D eigenvalue weighted by molar-refractivity contribution is 7.89. The number of benzene rings is 2. The zero-order chi connectivity index (χ0) is 16.4. The quantitative estimate of drug-likeness (QED) is 0.839. The lowest BCUT2D eigenvalue weighted by molar-refractivity contribution is 0.396. The minimum Gasteiger partial charge on any atom is -0.497 e. The highest BCUT2D eigenvalue weighted by Crippen LogP contribution is 2.37. The zero-order valence-electron chi connectivity index (χ0n) is 12.8. The second-order valence-electron chi connectivity index (χ2n) is 5.50. The van der Waals surface area contributed by atoms with Gasteiger partial charge in [-0.25, -0.2) is 8.42 Å². The summed E-state index contributed by atoms with van der Waals surface area (Å²) in [6.07, 6.45) is 1.67. The fraction of sp³-hybridized carbons (Fsp3) is 0.294. The highest BCUT2D eigenvalue weighted by atomic mass is 35.5. The standard InChI is InChI=1S/C17H18ClNO3S/c1-22-15-8-10-16(11-9-15)23(20,21)19-12-2-3-17(19)13-4-6-14(18)7-5-13/h4-11,17H,2-3,12H2,1H3. The van der Waals surface area contributed by atoms with E-state index in [1.807, 2.05) is 12.1 Å². The third-order valence-corrected chi connectivity index (χ3v) is 6.30. The fourth-order valence-electron chi connectivity index (χ4n) is 2.93. The molecule has 0 aliphatic carbocycles. The number of hydrogen-bond donors (Lipinski definition) is 0. The van der Waals surface area contributed by atoms with Crippen LogP contribution < -0.4 is 4.74 Å². The summed E-state index contributed by atoms with van der Waals surface area (Å²) < 4.78 is 32.6. The van der Waals surface area contributed by atoms with Crippen molar-refractivity contribution in [2.24, 2.45) is 0 Å². The van der Waals surface area contributed by atoms with Crippen LogP contribution in [0.15, 0.2) is 53.4 Å². The van der Waals surface area contributed by atoms with Gasteiger partial charge in [-0.05, 0) is 54.8 Å². The van der Waals surface area contributed by atoms with Gasteiger partial charge in [-0.1, -0.05) is 23.7 Å². The second kappa shape index (κ2) is 6.51. The molecule has 2 aromatic carbocycles.